The van der Waals surface area contributed by atoms with Crippen molar-refractivity contribution in [2.45, 2.75) is 19.4 Å². The molecule has 0 amide bonds. The van der Waals surface area contributed by atoms with Crippen LogP contribution in [0.25, 0.3) is 0 Å². The van der Waals surface area contributed by atoms with Crippen LogP contribution < -0.4 is 10.2 Å². The fraction of sp³-hybridized carbons (Fsp3) is 0.353. The van der Waals surface area contributed by atoms with Gasteiger partial charge in [-0.25, -0.2) is 4.98 Å². The summed E-state index contributed by atoms with van der Waals surface area (Å²) in [5, 5.41) is 3.22. The Balaban J connectivity index is 1.85. The van der Waals surface area contributed by atoms with Gasteiger partial charge in [0.25, 0.3) is 0 Å². The highest BCUT2D eigenvalue weighted by Gasteiger charge is 2.19. The summed E-state index contributed by atoms with van der Waals surface area (Å²) in [4.78, 5) is 22.6. The van der Waals surface area contributed by atoms with Crippen molar-refractivity contribution in [3.8, 4) is 0 Å². The maximum Gasteiger partial charge on any atom is 0.229 e. The average Bonchev–Trinajstić information content (AvgIpc) is 2.56. The number of nitrogens with zero attached hydrogens (tertiary/aromatic N) is 3. The van der Waals surface area contributed by atoms with Crippen LogP contribution in [0.2, 0.25) is 0 Å². The number of methoxy groups -OCH3 is 1. The number of rotatable bonds is 5. The highest BCUT2D eigenvalue weighted by Crippen LogP contribution is 2.21. The Morgan fingerprint density at radius 3 is 2.61 bits per heavy atom. The first-order chi connectivity index (χ1) is 11.2. The lowest BCUT2D eigenvalue weighted by molar-refractivity contribution is -0.119. The number of hydrogen-bond acceptors (Lipinski definition) is 6. The van der Waals surface area contributed by atoms with Gasteiger partial charge in [0.05, 0.1) is 12.3 Å². The summed E-state index contributed by atoms with van der Waals surface area (Å²) in [6.45, 7) is 1.83. The van der Waals surface area contributed by atoms with Gasteiger partial charge in [0.1, 0.15) is 11.6 Å². The molecule has 120 valence electrons. The molecule has 0 radical (unpaired) electrons. The van der Waals surface area contributed by atoms with E-state index in [1.54, 1.807) is 7.11 Å². The quantitative estimate of drug-likeness (QED) is 0.915. The van der Waals surface area contributed by atoms with Crippen LogP contribution in [0.15, 0.2) is 36.4 Å². The second-order valence-electron chi connectivity index (χ2n) is 5.49. The standard InChI is InChI=1S/C17H20N4O2/c1-23-12-14-11-16(21-9-7-15(22)8-10-21)20-17(19-14)18-13-5-3-2-4-6-13/h2-6,11H,7-10,12H2,1H3,(H,18,19,20). The van der Waals surface area contributed by atoms with Crippen molar-refractivity contribution in [2.75, 3.05) is 30.4 Å². The van der Waals surface area contributed by atoms with E-state index in [4.69, 9.17) is 4.74 Å². The molecule has 0 atom stereocenters. The Bertz CT molecular complexity index is 666. The van der Waals surface area contributed by atoms with E-state index in [1.807, 2.05) is 36.4 Å². The molecule has 0 spiro atoms. The third-order valence-electron chi connectivity index (χ3n) is 3.73. The number of carbonyl (C=O) groups excluding carboxylic acids is 1. The number of carbonyl (C=O) groups is 1. The smallest absolute Gasteiger partial charge is 0.229 e. The van der Waals surface area contributed by atoms with Crippen molar-refractivity contribution >= 4 is 23.2 Å². The maximum atomic E-state index is 11.4. The van der Waals surface area contributed by atoms with Crippen molar-refractivity contribution in [1.82, 2.24) is 9.97 Å². The molecule has 6 nitrogen and oxygen atoms in total. The SMILES string of the molecule is COCc1cc(N2CCC(=O)CC2)nc(Nc2ccccc2)n1. The molecule has 1 aromatic carbocycles. The summed E-state index contributed by atoms with van der Waals surface area (Å²) in [5.74, 6) is 1.69. The van der Waals surface area contributed by atoms with E-state index in [2.05, 4.69) is 20.2 Å². The molecule has 23 heavy (non-hydrogen) atoms. The largest absolute Gasteiger partial charge is 0.378 e. The van der Waals surface area contributed by atoms with Crippen LogP contribution in [0.3, 0.4) is 0 Å². The van der Waals surface area contributed by atoms with E-state index in [0.29, 0.717) is 44.3 Å². The number of benzene rings is 1. The zero-order valence-corrected chi connectivity index (χ0v) is 13.2. The summed E-state index contributed by atoms with van der Waals surface area (Å²) in [7, 11) is 1.64. The fourth-order valence-corrected chi connectivity index (χ4v) is 2.56. The monoisotopic (exact) mass is 312 g/mol. The van der Waals surface area contributed by atoms with Gasteiger partial charge in [-0.3, -0.25) is 4.79 Å². The molecule has 1 saturated heterocycles. The number of piperidine rings is 1. The summed E-state index contributed by atoms with van der Waals surface area (Å²) >= 11 is 0. The number of nitrogens with one attached hydrogen (secondary N) is 1. The first-order valence-electron chi connectivity index (χ1n) is 7.70. The Hall–Kier alpha value is -2.47. The predicted octanol–water partition coefficient (Wildman–Crippen LogP) is 2.54. The van der Waals surface area contributed by atoms with E-state index < -0.39 is 0 Å². The van der Waals surface area contributed by atoms with Gasteiger partial charge < -0.3 is 15.0 Å². The minimum absolute atomic E-state index is 0.315. The second kappa shape index (κ2) is 7.19. The van der Waals surface area contributed by atoms with Gasteiger partial charge in [-0.2, -0.15) is 4.98 Å². The van der Waals surface area contributed by atoms with Crippen molar-refractivity contribution in [3.05, 3.63) is 42.1 Å². The van der Waals surface area contributed by atoms with Gasteiger partial charge >= 0.3 is 0 Å². The fourth-order valence-electron chi connectivity index (χ4n) is 2.56. The molecular weight excluding hydrogens is 292 g/mol. The molecule has 2 heterocycles. The molecule has 3 rings (SSSR count). The van der Waals surface area contributed by atoms with E-state index in [9.17, 15) is 4.79 Å². The number of aromatic nitrogens is 2. The number of ether oxygens (including phenoxy) is 1. The van der Waals surface area contributed by atoms with E-state index in [0.717, 1.165) is 17.2 Å². The molecule has 0 aliphatic carbocycles. The van der Waals surface area contributed by atoms with Crippen molar-refractivity contribution in [1.29, 1.82) is 0 Å². The Morgan fingerprint density at radius 2 is 1.91 bits per heavy atom. The van der Waals surface area contributed by atoms with Crippen LogP contribution in [0, 0.1) is 0 Å². The third-order valence-corrected chi connectivity index (χ3v) is 3.73. The molecule has 1 fully saturated rings. The number of ketones is 1. The zero-order chi connectivity index (χ0) is 16.1. The minimum Gasteiger partial charge on any atom is -0.378 e. The van der Waals surface area contributed by atoms with E-state index in [1.165, 1.54) is 0 Å². The predicted molar refractivity (Wildman–Crippen MR) is 88.9 cm³/mol. The van der Waals surface area contributed by atoms with Gasteiger partial charge in [0.15, 0.2) is 0 Å². The Labute approximate surface area is 135 Å². The lowest BCUT2D eigenvalue weighted by atomic mass is 10.1. The summed E-state index contributed by atoms with van der Waals surface area (Å²) in [5.41, 5.74) is 1.75. The summed E-state index contributed by atoms with van der Waals surface area (Å²) < 4.78 is 5.20. The van der Waals surface area contributed by atoms with E-state index in [-0.39, 0.29) is 0 Å². The van der Waals surface area contributed by atoms with Gasteiger partial charge in [0, 0.05) is 44.8 Å². The lowest BCUT2D eigenvalue weighted by Crippen LogP contribution is -2.34. The maximum absolute atomic E-state index is 11.4. The van der Waals surface area contributed by atoms with Crippen molar-refractivity contribution < 1.29 is 9.53 Å². The third kappa shape index (κ3) is 4.04. The van der Waals surface area contributed by atoms with Crippen molar-refractivity contribution in [3.63, 3.8) is 0 Å². The second-order valence-corrected chi connectivity index (χ2v) is 5.49. The van der Waals surface area contributed by atoms with Gasteiger partial charge in [-0.15, -0.1) is 0 Å². The molecule has 0 saturated carbocycles. The molecule has 0 unspecified atom stereocenters. The number of anilines is 3. The van der Waals surface area contributed by atoms with Gasteiger partial charge in [-0.1, -0.05) is 18.2 Å². The van der Waals surface area contributed by atoms with Gasteiger partial charge in [-0.05, 0) is 12.1 Å². The molecule has 2 aromatic rings. The first-order valence-corrected chi connectivity index (χ1v) is 7.70. The molecule has 1 aliphatic heterocycles. The van der Waals surface area contributed by atoms with Crippen LogP contribution >= 0.6 is 0 Å². The molecule has 1 aromatic heterocycles. The van der Waals surface area contributed by atoms with E-state index >= 15 is 0 Å². The summed E-state index contributed by atoms with van der Waals surface area (Å²) in [6.07, 6.45) is 1.15. The molecule has 0 bridgehead atoms. The lowest BCUT2D eigenvalue weighted by Gasteiger charge is -2.27. The zero-order valence-electron chi connectivity index (χ0n) is 13.2. The first kappa shape index (κ1) is 15.4. The van der Waals surface area contributed by atoms with Crippen LogP contribution in [0.4, 0.5) is 17.5 Å². The summed E-state index contributed by atoms with van der Waals surface area (Å²) in [6, 6.07) is 11.7. The molecule has 1 aliphatic rings. The molecular formula is C17H20N4O2. The molecule has 1 N–H and O–H groups in total. The number of hydrogen-bond donors (Lipinski definition) is 1. The highest BCUT2D eigenvalue weighted by molar-refractivity contribution is 5.80. The van der Waals surface area contributed by atoms with Crippen LogP contribution in [0.1, 0.15) is 18.5 Å². The number of para-hydroxylation sites is 1. The Kier molecular flexibility index (Phi) is 4.83. The number of Topliss-reactive ketones (excluding diaryl/α,β-unsaturated/α-hetero) is 1. The van der Waals surface area contributed by atoms with Crippen LogP contribution in [-0.4, -0.2) is 36.0 Å². The van der Waals surface area contributed by atoms with Gasteiger partial charge in [0.2, 0.25) is 5.95 Å². The average molecular weight is 312 g/mol. The minimum atomic E-state index is 0.315. The molecule has 6 heteroatoms. The topological polar surface area (TPSA) is 67.3 Å². The highest BCUT2D eigenvalue weighted by atomic mass is 16.5. The Morgan fingerprint density at radius 1 is 1.17 bits per heavy atom. The van der Waals surface area contributed by atoms with Crippen LogP contribution in [0.5, 0.6) is 0 Å². The van der Waals surface area contributed by atoms with Crippen molar-refractivity contribution in [2.24, 2.45) is 0 Å². The normalized spacial score (nSPS) is 14.8. The van der Waals surface area contributed by atoms with Crippen LogP contribution in [-0.2, 0) is 16.1 Å².